The molecular weight excluding hydrogens is 182 g/mol. The Balaban J connectivity index is 2.37. The van der Waals surface area contributed by atoms with Crippen LogP contribution in [0.1, 0.15) is 5.56 Å². The molecule has 4 heteroatoms. The minimum absolute atomic E-state index is 0.0941. The fourth-order valence-corrected chi connectivity index (χ4v) is 1.31. The van der Waals surface area contributed by atoms with Crippen molar-refractivity contribution < 1.29 is 14.6 Å². The molecule has 0 atom stereocenters. The standard InChI is InChI=1S/C10H11NO3/c11-3-1-2-7-4-8(12)10-9(5-7)13-6-14-10/h1-2,4-5,12H,3,6,11H2/b2-1+. The molecule has 0 aromatic heterocycles. The van der Waals surface area contributed by atoms with E-state index in [-0.39, 0.29) is 12.5 Å². The van der Waals surface area contributed by atoms with Gasteiger partial charge in [-0.1, -0.05) is 12.2 Å². The maximum Gasteiger partial charge on any atom is 0.231 e. The van der Waals surface area contributed by atoms with Gasteiger partial charge < -0.3 is 20.3 Å². The first-order chi connectivity index (χ1) is 6.81. The average molecular weight is 193 g/mol. The highest BCUT2D eigenvalue weighted by Crippen LogP contribution is 2.41. The molecule has 3 N–H and O–H groups in total. The topological polar surface area (TPSA) is 64.7 Å². The molecule has 0 bridgehead atoms. The molecule has 0 fully saturated rings. The summed E-state index contributed by atoms with van der Waals surface area (Å²) in [6.07, 6.45) is 3.62. The van der Waals surface area contributed by atoms with Gasteiger partial charge >= 0.3 is 0 Å². The van der Waals surface area contributed by atoms with Crippen molar-refractivity contribution >= 4 is 6.08 Å². The lowest BCUT2D eigenvalue weighted by molar-refractivity contribution is 0.171. The fourth-order valence-electron chi connectivity index (χ4n) is 1.31. The van der Waals surface area contributed by atoms with Gasteiger partial charge in [0.2, 0.25) is 12.5 Å². The van der Waals surface area contributed by atoms with E-state index in [4.69, 9.17) is 15.2 Å². The molecule has 0 saturated heterocycles. The molecule has 1 aromatic carbocycles. The van der Waals surface area contributed by atoms with E-state index in [9.17, 15) is 5.11 Å². The number of phenolic OH excluding ortho intramolecular Hbond substituents is 1. The molecule has 1 aliphatic heterocycles. The van der Waals surface area contributed by atoms with Crippen molar-refractivity contribution in [2.75, 3.05) is 13.3 Å². The maximum absolute atomic E-state index is 9.54. The van der Waals surface area contributed by atoms with Crippen LogP contribution in [0.4, 0.5) is 0 Å². The Morgan fingerprint density at radius 2 is 2.29 bits per heavy atom. The van der Waals surface area contributed by atoms with Crippen LogP contribution in [-0.4, -0.2) is 18.4 Å². The van der Waals surface area contributed by atoms with Crippen LogP contribution in [0.2, 0.25) is 0 Å². The number of phenols is 1. The van der Waals surface area contributed by atoms with Gasteiger partial charge in [0.05, 0.1) is 0 Å². The van der Waals surface area contributed by atoms with Gasteiger partial charge in [0, 0.05) is 6.54 Å². The molecular formula is C10H11NO3. The largest absolute Gasteiger partial charge is 0.504 e. The second kappa shape index (κ2) is 3.59. The lowest BCUT2D eigenvalue weighted by atomic mass is 10.1. The molecule has 4 nitrogen and oxygen atoms in total. The lowest BCUT2D eigenvalue weighted by Gasteiger charge is -2.00. The first kappa shape index (κ1) is 8.90. The zero-order chi connectivity index (χ0) is 9.97. The number of aromatic hydroxyl groups is 1. The summed E-state index contributed by atoms with van der Waals surface area (Å²) in [6.45, 7) is 0.627. The Kier molecular flexibility index (Phi) is 2.28. The van der Waals surface area contributed by atoms with Crippen LogP contribution in [0.25, 0.3) is 6.08 Å². The smallest absolute Gasteiger partial charge is 0.231 e. The maximum atomic E-state index is 9.54. The first-order valence-electron chi connectivity index (χ1n) is 4.30. The summed E-state index contributed by atoms with van der Waals surface area (Å²) in [6, 6.07) is 3.41. The normalized spacial score (nSPS) is 13.8. The van der Waals surface area contributed by atoms with E-state index in [0.29, 0.717) is 18.0 Å². The third-order valence-corrected chi connectivity index (χ3v) is 1.92. The summed E-state index contributed by atoms with van der Waals surface area (Å²) in [5.41, 5.74) is 6.17. The van der Waals surface area contributed by atoms with Crippen molar-refractivity contribution in [1.82, 2.24) is 0 Å². The van der Waals surface area contributed by atoms with Gasteiger partial charge in [-0.05, 0) is 17.7 Å². The molecule has 14 heavy (non-hydrogen) atoms. The fraction of sp³-hybridized carbons (Fsp3) is 0.200. The molecule has 0 amide bonds. The van der Waals surface area contributed by atoms with Crippen molar-refractivity contribution in [1.29, 1.82) is 0 Å². The van der Waals surface area contributed by atoms with Gasteiger partial charge in [-0.25, -0.2) is 0 Å². The zero-order valence-corrected chi connectivity index (χ0v) is 7.56. The van der Waals surface area contributed by atoms with Crippen LogP contribution >= 0.6 is 0 Å². The molecule has 0 saturated carbocycles. The predicted octanol–water partition coefficient (Wildman–Crippen LogP) is 1.09. The third kappa shape index (κ3) is 1.52. The Morgan fingerprint density at radius 1 is 1.43 bits per heavy atom. The molecule has 74 valence electrons. The lowest BCUT2D eigenvalue weighted by Crippen LogP contribution is -1.93. The van der Waals surface area contributed by atoms with Gasteiger partial charge in [-0.15, -0.1) is 0 Å². The van der Waals surface area contributed by atoms with E-state index in [2.05, 4.69) is 0 Å². The summed E-state index contributed by atoms with van der Waals surface area (Å²) in [4.78, 5) is 0. The zero-order valence-electron chi connectivity index (χ0n) is 7.56. The SMILES string of the molecule is NC/C=C/c1cc(O)c2c(c1)OCO2. The van der Waals surface area contributed by atoms with Gasteiger partial charge in [-0.2, -0.15) is 0 Å². The van der Waals surface area contributed by atoms with Crippen LogP contribution < -0.4 is 15.2 Å². The Morgan fingerprint density at radius 3 is 3.07 bits per heavy atom. The van der Waals surface area contributed by atoms with Crippen LogP contribution in [-0.2, 0) is 0 Å². The molecule has 0 unspecified atom stereocenters. The Hall–Kier alpha value is -1.68. The monoisotopic (exact) mass is 193 g/mol. The molecule has 2 rings (SSSR count). The number of hydrogen-bond acceptors (Lipinski definition) is 4. The van der Waals surface area contributed by atoms with E-state index in [1.807, 2.05) is 6.08 Å². The van der Waals surface area contributed by atoms with Crippen molar-refractivity contribution in [3.63, 3.8) is 0 Å². The van der Waals surface area contributed by atoms with Gasteiger partial charge in [0.15, 0.2) is 11.5 Å². The van der Waals surface area contributed by atoms with Crippen LogP contribution in [0.3, 0.4) is 0 Å². The molecule has 0 aliphatic carbocycles. The highest BCUT2D eigenvalue weighted by molar-refractivity contribution is 5.62. The van der Waals surface area contributed by atoms with Crippen molar-refractivity contribution in [3.8, 4) is 17.2 Å². The third-order valence-electron chi connectivity index (χ3n) is 1.92. The summed E-state index contributed by atoms with van der Waals surface area (Å²) in [5, 5.41) is 9.54. The minimum Gasteiger partial charge on any atom is -0.504 e. The van der Waals surface area contributed by atoms with Crippen molar-refractivity contribution in [2.24, 2.45) is 5.73 Å². The van der Waals surface area contributed by atoms with E-state index in [0.717, 1.165) is 5.56 Å². The minimum atomic E-state index is 0.0941. The molecule has 1 aromatic rings. The van der Waals surface area contributed by atoms with Gasteiger partial charge in [-0.3, -0.25) is 0 Å². The van der Waals surface area contributed by atoms with Crippen molar-refractivity contribution in [3.05, 3.63) is 23.8 Å². The second-order valence-corrected chi connectivity index (χ2v) is 2.91. The number of fused-ring (bicyclic) bond motifs is 1. The number of hydrogen-bond donors (Lipinski definition) is 2. The summed E-state index contributed by atoms with van der Waals surface area (Å²) < 4.78 is 10.2. The van der Waals surface area contributed by atoms with E-state index in [1.54, 1.807) is 18.2 Å². The molecule has 1 aliphatic rings. The van der Waals surface area contributed by atoms with Gasteiger partial charge in [0.1, 0.15) is 0 Å². The van der Waals surface area contributed by atoms with Gasteiger partial charge in [0.25, 0.3) is 0 Å². The molecule has 0 radical (unpaired) electrons. The quantitative estimate of drug-likeness (QED) is 0.738. The average Bonchev–Trinajstić information content (AvgIpc) is 2.63. The molecule has 1 heterocycles. The Labute approximate surface area is 81.6 Å². The predicted molar refractivity (Wildman–Crippen MR) is 52.3 cm³/mol. The summed E-state index contributed by atoms with van der Waals surface area (Å²) in [5.74, 6) is 1.08. The Bertz CT molecular complexity index is 374. The number of nitrogens with two attached hydrogens (primary N) is 1. The van der Waals surface area contributed by atoms with Crippen molar-refractivity contribution in [2.45, 2.75) is 0 Å². The second-order valence-electron chi connectivity index (χ2n) is 2.91. The van der Waals surface area contributed by atoms with E-state index in [1.165, 1.54) is 0 Å². The van der Waals surface area contributed by atoms with Crippen LogP contribution in [0.5, 0.6) is 17.2 Å². The molecule has 0 spiro atoms. The number of benzene rings is 1. The number of rotatable bonds is 2. The summed E-state index contributed by atoms with van der Waals surface area (Å²) in [7, 11) is 0. The van der Waals surface area contributed by atoms with E-state index >= 15 is 0 Å². The number of ether oxygens (including phenoxy) is 2. The van der Waals surface area contributed by atoms with Crippen LogP contribution in [0, 0.1) is 0 Å². The highest BCUT2D eigenvalue weighted by Gasteiger charge is 2.17. The van der Waals surface area contributed by atoms with Crippen LogP contribution in [0.15, 0.2) is 18.2 Å². The first-order valence-corrected chi connectivity index (χ1v) is 4.30. The summed E-state index contributed by atoms with van der Waals surface area (Å²) >= 11 is 0. The van der Waals surface area contributed by atoms with E-state index < -0.39 is 0 Å². The highest BCUT2D eigenvalue weighted by atomic mass is 16.7.